The molecule has 4 rings (SSSR count). The minimum Gasteiger partial charge on any atom is -0.493 e. The number of methoxy groups -OCH3 is 2. The van der Waals surface area contributed by atoms with Gasteiger partial charge in [0, 0.05) is 6.54 Å². The molecule has 1 saturated heterocycles. The third kappa shape index (κ3) is 5.32. The molecule has 1 unspecified atom stereocenters. The quantitative estimate of drug-likeness (QED) is 0.393. The summed E-state index contributed by atoms with van der Waals surface area (Å²) in [5.74, 6) is -1.60. The third-order valence-corrected chi connectivity index (χ3v) is 7.97. The molecule has 11 heteroatoms. The molecule has 0 spiro atoms. The van der Waals surface area contributed by atoms with Crippen molar-refractivity contribution in [1.29, 1.82) is 0 Å². The summed E-state index contributed by atoms with van der Waals surface area (Å²) in [6.07, 6.45) is -0.224. The zero-order valence-electron chi connectivity index (χ0n) is 20.1. The fraction of sp³-hybridized carbons (Fsp3) is 0.231. The Labute approximate surface area is 213 Å². The van der Waals surface area contributed by atoms with E-state index >= 15 is 0 Å². The maximum atomic E-state index is 13.6. The highest BCUT2D eigenvalue weighted by molar-refractivity contribution is 7.89. The van der Waals surface area contributed by atoms with Crippen molar-refractivity contribution in [3.8, 4) is 11.5 Å². The molecule has 0 aliphatic carbocycles. The molecule has 0 bridgehead atoms. The Morgan fingerprint density at radius 2 is 1.49 bits per heavy atom. The van der Waals surface area contributed by atoms with E-state index in [1.807, 2.05) is 0 Å². The molecule has 1 fully saturated rings. The van der Waals surface area contributed by atoms with E-state index in [0.717, 1.165) is 45.6 Å². The number of halogens is 2. The van der Waals surface area contributed by atoms with E-state index in [0.29, 0.717) is 17.1 Å². The number of imide groups is 1. The fourth-order valence-electron chi connectivity index (χ4n) is 4.16. The summed E-state index contributed by atoms with van der Waals surface area (Å²) < 4.78 is 65.7. The largest absolute Gasteiger partial charge is 0.493 e. The summed E-state index contributed by atoms with van der Waals surface area (Å²) >= 11 is 0. The van der Waals surface area contributed by atoms with Crippen molar-refractivity contribution in [2.45, 2.75) is 23.8 Å². The van der Waals surface area contributed by atoms with Gasteiger partial charge < -0.3 is 9.47 Å². The molecular weight excluding hydrogens is 506 g/mol. The van der Waals surface area contributed by atoms with E-state index in [-0.39, 0.29) is 23.5 Å². The second kappa shape index (κ2) is 10.7. The van der Waals surface area contributed by atoms with Crippen LogP contribution in [0.1, 0.15) is 12.0 Å². The van der Waals surface area contributed by atoms with Crippen LogP contribution in [0.3, 0.4) is 0 Å². The van der Waals surface area contributed by atoms with Gasteiger partial charge in [-0.3, -0.25) is 9.59 Å². The highest BCUT2D eigenvalue weighted by Crippen LogP contribution is 2.31. The van der Waals surface area contributed by atoms with Gasteiger partial charge in [0.15, 0.2) is 11.5 Å². The molecular formula is C26H24F2N2O6S. The van der Waals surface area contributed by atoms with Crippen LogP contribution in [0.2, 0.25) is 0 Å². The van der Waals surface area contributed by atoms with Crippen LogP contribution in [-0.4, -0.2) is 51.3 Å². The molecule has 3 aromatic carbocycles. The number of carbonyl (C=O) groups excluding carboxylic acids is 2. The molecule has 0 saturated carbocycles. The molecule has 3 aromatic rings. The second-order valence-electron chi connectivity index (χ2n) is 8.27. The van der Waals surface area contributed by atoms with Gasteiger partial charge in [-0.15, -0.1) is 0 Å². The van der Waals surface area contributed by atoms with Gasteiger partial charge in [-0.25, -0.2) is 22.1 Å². The van der Waals surface area contributed by atoms with E-state index in [4.69, 9.17) is 9.47 Å². The van der Waals surface area contributed by atoms with Gasteiger partial charge in [-0.2, -0.15) is 4.31 Å². The summed E-state index contributed by atoms with van der Waals surface area (Å²) in [6, 6.07) is 12.7. The summed E-state index contributed by atoms with van der Waals surface area (Å²) in [5, 5.41) is 0. The number of hydrogen-bond acceptors (Lipinski definition) is 6. The van der Waals surface area contributed by atoms with Gasteiger partial charge in [0.1, 0.15) is 17.7 Å². The number of nitrogens with zero attached hydrogens (tertiary/aromatic N) is 2. The fourth-order valence-corrected chi connectivity index (χ4v) is 5.75. The highest BCUT2D eigenvalue weighted by atomic mass is 32.2. The predicted octanol–water partition coefficient (Wildman–Crippen LogP) is 3.55. The first kappa shape index (κ1) is 26.2. The van der Waals surface area contributed by atoms with Crippen molar-refractivity contribution >= 4 is 27.5 Å². The SMILES string of the molecule is COc1ccc(CCN(C2CC(=O)N(c3ccc(F)cc3)C2=O)S(=O)(=O)c2ccc(F)cc2)cc1OC. The summed E-state index contributed by atoms with van der Waals surface area (Å²) in [7, 11) is -1.36. The highest BCUT2D eigenvalue weighted by Gasteiger charge is 2.46. The smallest absolute Gasteiger partial charge is 0.252 e. The maximum absolute atomic E-state index is 13.6. The first-order valence-corrected chi connectivity index (χ1v) is 12.7. The van der Waals surface area contributed by atoms with E-state index in [1.165, 1.54) is 26.4 Å². The van der Waals surface area contributed by atoms with Crippen LogP contribution in [0.4, 0.5) is 14.5 Å². The molecule has 0 radical (unpaired) electrons. The van der Waals surface area contributed by atoms with Crippen LogP contribution in [0.5, 0.6) is 11.5 Å². The first-order chi connectivity index (χ1) is 17.6. The lowest BCUT2D eigenvalue weighted by Crippen LogP contribution is -2.46. The predicted molar refractivity (Wildman–Crippen MR) is 131 cm³/mol. The Bertz CT molecular complexity index is 1410. The van der Waals surface area contributed by atoms with Crippen molar-refractivity contribution in [3.05, 3.63) is 83.9 Å². The number of carbonyl (C=O) groups is 2. The Morgan fingerprint density at radius 1 is 0.892 bits per heavy atom. The van der Waals surface area contributed by atoms with Crippen LogP contribution >= 0.6 is 0 Å². The maximum Gasteiger partial charge on any atom is 0.252 e. The summed E-state index contributed by atoms with van der Waals surface area (Å²) in [5.41, 5.74) is 0.835. The second-order valence-corrected chi connectivity index (χ2v) is 10.2. The van der Waals surface area contributed by atoms with Crippen molar-refractivity contribution < 1.29 is 36.3 Å². The minimum absolute atomic E-state index is 0.137. The average molecular weight is 531 g/mol. The molecule has 0 aromatic heterocycles. The number of sulfonamides is 1. The number of rotatable bonds is 9. The van der Waals surface area contributed by atoms with Gasteiger partial charge in [-0.1, -0.05) is 6.07 Å². The van der Waals surface area contributed by atoms with Crippen molar-refractivity contribution in [2.75, 3.05) is 25.7 Å². The standard InChI is InChI=1S/C26H24F2N2O6S/c1-35-23-12-3-17(15-24(23)36-2)13-14-29(37(33,34)21-10-6-19(28)7-11-21)22-16-25(31)30(26(22)32)20-8-4-18(27)5-9-20/h3-12,15,22H,13-14,16H2,1-2H3. The van der Waals surface area contributed by atoms with Crippen molar-refractivity contribution in [3.63, 3.8) is 0 Å². The summed E-state index contributed by atoms with van der Waals surface area (Å²) in [6.45, 7) is -0.157. The molecule has 194 valence electrons. The van der Waals surface area contributed by atoms with Gasteiger partial charge in [0.05, 0.1) is 31.2 Å². The topological polar surface area (TPSA) is 93.2 Å². The van der Waals surface area contributed by atoms with Crippen molar-refractivity contribution in [2.24, 2.45) is 0 Å². The Kier molecular flexibility index (Phi) is 7.55. The molecule has 37 heavy (non-hydrogen) atoms. The number of amides is 2. The lowest BCUT2D eigenvalue weighted by Gasteiger charge is -2.27. The Morgan fingerprint density at radius 3 is 2.08 bits per heavy atom. The van der Waals surface area contributed by atoms with Crippen LogP contribution in [0, 0.1) is 11.6 Å². The van der Waals surface area contributed by atoms with Gasteiger partial charge in [0.2, 0.25) is 15.9 Å². The van der Waals surface area contributed by atoms with Gasteiger partial charge in [0.25, 0.3) is 5.91 Å². The van der Waals surface area contributed by atoms with Crippen LogP contribution in [0.15, 0.2) is 71.6 Å². The molecule has 8 nitrogen and oxygen atoms in total. The van der Waals surface area contributed by atoms with E-state index in [2.05, 4.69) is 0 Å². The molecule has 2 amide bonds. The van der Waals surface area contributed by atoms with E-state index < -0.39 is 45.9 Å². The van der Waals surface area contributed by atoms with E-state index in [1.54, 1.807) is 18.2 Å². The molecule has 1 aliphatic heterocycles. The third-order valence-electron chi connectivity index (χ3n) is 6.04. The van der Waals surface area contributed by atoms with Crippen LogP contribution < -0.4 is 14.4 Å². The number of hydrogen-bond donors (Lipinski definition) is 0. The first-order valence-electron chi connectivity index (χ1n) is 11.3. The average Bonchev–Trinajstić information content (AvgIpc) is 3.17. The molecule has 1 heterocycles. The van der Waals surface area contributed by atoms with Crippen LogP contribution in [0.25, 0.3) is 0 Å². The zero-order valence-corrected chi connectivity index (χ0v) is 20.9. The Hall–Kier alpha value is -3.83. The normalized spacial score (nSPS) is 15.9. The number of benzene rings is 3. The van der Waals surface area contributed by atoms with E-state index in [9.17, 15) is 26.8 Å². The molecule has 1 atom stereocenters. The van der Waals surface area contributed by atoms with Crippen LogP contribution in [-0.2, 0) is 26.0 Å². The number of anilines is 1. The van der Waals surface area contributed by atoms with Gasteiger partial charge in [-0.05, 0) is 72.6 Å². The van der Waals surface area contributed by atoms with Crippen molar-refractivity contribution in [1.82, 2.24) is 4.31 Å². The summed E-state index contributed by atoms with van der Waals surface area (Å²) in [4.78, 5) is 26.8. The molecule has 1 aliphatic rings. The minimum atomic E-state index is -4.32. The van der Waals surface area contributed by atoms with Gasteiger partial charge >= 0.3 is 0 Å². The lowest BCUT2D eigenvalue weighted by atomic mass is 10.1. The Balaban J connectivity index is 1.69. The lowest BCUT2D eigenvalue weighted by molar-refractivity contribution is -0.122. The number of ether oxygens (including phenoxy) is 2. The zero-order chi connectivity index (χ0) is 26.7. The molecule has 0 N–H and O–H groups in total. The monoisotopic (exact) mass is 530 g/mol.